The van der Waals surface area contributed by atoms with Crippen molar-refractivity contribution in [3.05, 3.63) is 33.9 Å². The summed E-state index contributed by atoms with van der Waals surface area (Å²) in [4.78, 5) is 21.8. The summed E-state index contributed by atoms with van der Waals surface area (Å²) in [5.74, 6) is -0.337. The number of nitro groups is 1. The van der Waals surface area contributed by atoms with Crippen molar-refractivity contribution in [2.75, 3.05) is 5.32 Å². The van der Waals surface area contributed by atoms with Gasteiger partial charge in [-0.25, -0.2) is 0 Å². The minimum atomic E-state index is -0.603. The number of nitrogens with two attached hydrogens (primary N) is 1. The van der Waals surface area contributed by atoms with Gasteiger partial charge in [-0.2, -0.15) is 0 Å². The van der Waals surface area contributed by atoms with E-state index in [4.69, 9.17) is 5.73 Å². The highest BCUT2D eigenvalue weighted by molar-refractivity contribution is 5.95. The number of hydrogen-bond acceptors (Lipinski definition) is 4. The SMILES string of the molecule is CCC(N)C(=O)Nc1cccc([N+](=O)[O-])c1C. The second-order valence-electron chi connectivity index (χ2n) is 3.71. The van der Waals surface area contributed by atoms with Gasteiger partial charge in [-0.3, -0.25) is 14.9 Å². The molecule has 0 bridgehead atoms. The zero-order valence-electron chi connectivity index (χ0n) is 9.77. The maximum Gasteiger partial charge on any atom is 0.274 e. The number of rotatable bonds is 4. The lowest BCUT2D eigenvalue weighted by Crippen LogP contribution is -2.35. The lowest BCUT2D eigenvalue weighted by Gasteiger charge is -2.11. The highest BCUT2D eigenvalue weighted by Crippen LogP contribution is 2.25. The number of nitrogens with one attached hydrogen (secondary N) is 1. The molecule has 1 unspecified atom stereocenters. The maximum absolute atomic E-state index is 11.6. The van der Waals surface area contributed by atoms with Crippen molar-refractivity contribution in [1.82, 2.24) is 0 Å². The summed E-state index contributed by atoms with van der Waals surface area (Å²) in [5, 5.41) is 13.3. The third-order valence-corrected chi connectivity index (χ3v) is 2.54. The van der Waals surface area contributed by atoms with Crippen LogP contribution >= 0.6 is 0 Å². The van der Waals surface area contributed by atoms with Crippen LogP contribution in [-0.2, 0) is 4.79 Å². The summed E-state index contributed by atoms with van der Waals surface area (Å²) in [7, 11) is 0. The molecule has 6 heteroatoms. The molecule has 0 spiro atoms. The molecule has 0 saturated heterocycles. The summed E-state index contributed by atoms with van der Waals surface area (Å²) >= 11 is 0. The smallest absolute Gasteiger partial charge is 0.274 e. The third kappa shape index (κ3) is 3.01. The summed E-state index contributed by atoms with van der Waals surface area (Å²) in [6.45, 7) is 3.38. The van der Waals surface area contributed by atoms with Gasteiger partial charge in [-0.15, -0.1) is 0 Å². The number of carbonyl (C=O) groups is 1. The topological polar surface area (TPSA) is 98.3 Å². The molecule has 1 atom stereocenters. The van der Waals surface area contributed by atoms with Crippen LogP contribution in [0.25, 0.3) is 0 Å². The van der Waals surface area contributed by atoms with Gasteiger partial charge in [0.15, 0.2) is 0 Å². The standard InChI is InChI=1S/C11H15N3O3/c1-3-8(12)11(15)13-9-5-4-6-10(7(9)2)14(16)17/h4-6,8H,3,12H2,1-2H3,(H,13,15). The number of nitrogens with zero attached hydrogens (tertiary/aromatic N) is 1. The van der Waals surface area contributed by atoms with Crippen LogP contribution in [0, 0.1) is 17.0 Å². The molecule has 0 saturated carbocycles. The van der Waals surface area contributed by atoms with E-state index in [9.17, 15) is 14.9 Å². The number of benzene rings is 1. The van der Waals surface area contributed by atoms with E-state index < -0.39 is 11.0 Å². The lowest BCUT2D eigenvalue weighted by molar-refractivity contribution is -0.385. The molecule has 0 fully saturated rings. The summed E-state index contributed by atoms with van der Waals surface area (Å²) in [6, 6.07) is 3.93. The van der Waals surface area contributed by atoms with Crippen molar-refractivity contribution < 1.29 is 9.72 Å². The first-order valence-electron chi connectivity index (χ1n) is 5.27. The molecular formula is C11H15N3O3. The Kier molecular flexibility index (Phi) is 4.17. The molecule has 0 aromatic heterocycles. The minimum absolute atomic E-state index is 0.0205. The fraction of sp³-hybridized carbons (Fsp3) is 0.364. The first kappa shape index (κ1) is 13.1. The van der Waals surface area contributed by atoms with Gasteiger partial charge >= 0.3 is 0 Å². The van der Waals surface area contributed by atoms with Crippen molar-refractivity contribution in [3.63, 3.8) is 0 Å². The molecule has 0 aliphatic heterocycles. The highest BCUT2D eigenvalue weighted by atomic mass is 16.6. The molecule has 0 heterocycles. The van der Waals surface area contributed by atoms with Crippen LogP contribution in [0.5, 0.6) is 0 Å². The van der Waals surface area contributed by atoms with Gasteiger partial charge in [-0.1, -0.05) is 13.0 Å². The predicted octanol–water partition coefficient (Wildman–Crippen LogP) is 1.58. The Hall–Kier alpha value is -1.95. The first-order chi connectivity index (χ1) is 7.97. The van der Waals surface area contributed by atoms with E-state index in [1.807, 2.05) is 0 Å². The van der Waals surface area contributed by atoms with E-state index in [1.165, 1.54) is 12.1 Å². The van der Waals surface area contributed by atoms with Gasteiger partial charge in [-0.05, 0) is 19.4 Å². The molecule has 17 heavy (non-hydrogen) atoms. The van der Waals surface area contributed by atoms with Crippen molar-refractivity contribution in [2.24, 2.45) is 5.73 Å². The zero-order valence-corrected chi connectivity index (χ0v) is 9.77. The van der Waals surface area contributed by atoms with Crippen LogP contribution in [0.2, 0.25) is 0 Å². The molecule has 1 amide bonds. The molecule has 0 radical (unpaired) electrons. The van der Waals surface area contributed by atoms with Crippen LogP contribution < -0.4 is 11.1 Å². The maximum atomic E-state index is 11.6. The Bertz CT molecular complexity index is 446. The molecule has 6 nitrogen and oxygen atoms in total. The van der Waals surface area contributed by atoms with Gasteiger partial charge in [0, 0.05) is 6.07 Å². The molecule has 1 rings (SSSR count). The predicted molar refractivity (Wildman–Crippen MR) is 64.7 cm³/mol. The normalized spacial score (nSPS) is 11.9. The number of amides is 1. The summed E-state index contributed by atoms with van der Waals surface area (Å²) in [5.41, 5.74) is 6.40. The van der Waals surface area contributed by atoms with Gasteiger partial charge in [0.2, 0.25) is 5.91 Å². The average Bonchev–Trinajstić information content (AvgIpc) is 2.30. The zero-order chi connectivity index (χ0) is 13.0. The Morgan fingerprint density at radius 1 is 1.59 bits per heavy atom. The van der Waals surface area contributed by atoms with Crippen molar-refractivity contribution in [3.8, 4) is 0 Å². The van der Waals surface area contributed by atoms with Crippen molar-refractivity contribution >= 4 is 17.3 Å². The second-order valence-corrected chi connectivity index (χ2v) is 3.71. The van der Waals surface area contributed by atoms with Gasteiger partial charge < -0.3 is 11.1 Å². The molecule has 0 aliphatic rings. The quantitative estimate of drug-likeness (QED) is 0.613. The molecule has 92 valence electrons. The van der Waals surface area contributed by atoms with E-state index in [0.29, 0.717) is 17.7 Å². The van der Waals surface area contributed by atoms with E-state index >= 15 is 0 Å². The van der Waals surface area contributed by atoms with Crippen LogP contribution in [0.1, 0.15) is 18.9 Å². The Balaban J connectivity index is 2.96. The molecule has 3 N–H and O–H groups in total. The highest BCUT2D eigenvalue weighted by Gasteiger charge is 2.16. The lowest BCUT2D eigenvalue weighted by atomic mass is 10.1. The molecular weight excluding hydrogens is 222 g/mol. The van der Waals surface area contributed by atoms with E-state index in [1.54, 1.807) is 19.9 Å². The monoisotopic (exact) mass is 237 g/mol. The second kappa shape index (κ2) is 5.40. The van der Waals surface area contributed by atoms with Gasteiger partial charge in [0.1, 0.15) is 0 Å². The Morgan fingerprint density at radius 2 is 2.24 bits per heavy atom. The average molecular weight is 237 g/mol. The fourth-order valence-corrected chi connectivity index (χ4v) is 1.37. The molecule has 0 aliphatic carbocycles. The van der Waals surface area contributed by atoms with E-state index in [0.717, 1.165) is 0 Å². The number of anilines is 1. The number of carbonyl (C=O) groups excluding carboxylic acids is 1. The summed E-state index contributed by atoms with van der Waals surface area (Å²) in [6.07, 6.45) is 0.514. The molecule has 1 aromatic carbocycles. The molecule has 1 aromatic rings. The van der Waals surface area contributed by atoms with Crippen LogP contribution in [0.4, 0.5) is 11.4 Å². The Labute approximate surface area is 99.0 Å². The number of nitro benzene ring substituents is 1. The first-order valence-corrected chi connectivity index (χ1v) is 5.27. The minimum Gasteiger partial charge on any atom is -0.324 e. The fourth-order valence-electron chi connectivity index (χ4n) is 1.37. The van der Waals surface area contributed by atoms with Gasteiger partial charge in [0.05, 0.1) is 22.2 Å². The van der Waals surface area contributed by atoms with Crippen molar-refractivity contribution in [2.45, 2.75) is 26.3 Å². The van der Waals surface area contributed by atoms with Crippen LogP contribution in [-0.4, -0.2) is 16.9 Å². The van der Waals surface area contributed by atoms with Gasteiger partial charge in [0.25, 0.3) is 5.69 Å². The Morgan fingerprint density at radius 3 is 2.76 bits per heavy atom. The van der Waals surface area contributed by atoms with Crippen molar-refractivity contribution in [1.29, 1.82) is 0 Å². The third-order valence-electron chi connectivity index (χ3n) is 2.54. The van der Waals surface area contributed by atoms with E-state index in [-0.39, 0.29) is 11.6 Å². The number of hydrogen-bond donors (Lipinski definition) is 2. The van der Waals surface area contributed by atoms with Crippen LogP contribution in [0.15, 0.2) is 18.2 Å². The summed E-state index contributed by atoms with van der Waals surface area (Å²) < 4.78 is 0. The van der Waals surface area contributed by atoms with Crippen LogP contribution in [0.3, 0.4) is 0 Å². The largest absolute Gasteiger partial charge is 0.324 e. The van der Waals surface area contributed by atoms with E-state index in [2.05, 4.69) is 5.32 Å².